The number of aliphatic hydroxyl groups is 1. The van der Waals surface area contributed by atoms with Crippen molar-refractivity contribution in [2.24, 2.45) is 0 Å². The number of ether oxygens (including phenoxy) is 1. The maximum atomic E-state index is 13.4. The Labute approximate surface area is 118 Å². The van der Waals surface area contributed by atoms with Gasteiger partial charge in [-0.3, -0.25) is 0 Å². The highest BCUT2D eigenvalue weighted by molar-refractivity contribution is 9.10. The van der Waals surface area contributed by atoms with Crippen molar-refractivity contribution in [2.75, 3.05) is 5.73 Å². The predicted molar refractivity (Wildman–Crippen MR) is 75.2 cm³/mol. The van der Waals surface area contributed by atoms with Gasteiger partial charge in [0, 0.05) is 6.07 Å². The number of hydrogen-bond donors (Lipinski definition) is 2. The summed E-state index contributed by atoms with van der Waals surface area (Å²) in [4.78, 5) is 0. The molecule has 0 heterocycles. The van der Waals surface area contributed by atoms with E-state index in [0.717, 1.165) is 11.1 Å². The van der Waals surface area contributed by atoms with Crippen LogP contribution in [0.1, 0.15) is 11.1 Å². The SMILES string of the molecule is Nc1cc(Br)c(F)cc1OCc1ccc(CO)cc1. The fourth-order valence-corrected chi connectivity index (χ4v) is 1.93. The fraction of sp³-hybridized carbons (Fsp3) is 0.143. The largest absolute Gasteiger partial charge is 0.487 e. The average Bonchev–Trinajstić information content (AvgIpc) is 2.42. The van der Waals surface area contributed by atoms with Crippen molar-refractivity contribution in [3.8, 4) is 5.75 Å². The fourth-order valence-electron chi connectivity index (χ4n) is 1.57. The highest BCUT2D eigenvalue weighted by Gasteiger charge is 2.07. The Balaban J connectivity index is 2.07. The van der Waals surface area contributed by atoms with E-state index in [1.165, 1.54) is 12.1 Å². The summed E-state index contributed by atoms with van der Waals surface area (Å²) in [6.45, 7) is 0.295. The number of benzene rings is 2. The minimum absolute atomic E-state index is 0.00596. The number of nitrogens with two attached hydrogens (primary N) is 1. The molecule has 0 saturated carbocycles. The second kappa shape index (κ2) is 6.04. The molecule has 0 aliphatic rings. The van der Waals surface area contributed by atoms with Crippen LogP contribution in [0.5, 0.6) is 5.75 Å². The maximum Gasteiger partial charge on any atom is 0.145 e. The molecule has 2 rings (SSSR count). The molecule has 0 fully saturated rings. The van der Waals surface area contributed by atoms with Gasteiger partial charge in [-0.25, -0.2) is 4.39 Å². The molecule has 0 radical (unpaired) electrons. The third kappa shape index (κ3) is 3.45. The van der Waals surface area contributed by atoms with E-state index in [4.69, 9.17) is 15.6 Å². The summed E-state index contributed by atoms with van der Waals surface area (Å²) in [7, 11) is 0. The first-order valence-corrected chi connectivity index (χ1v) is 6.45. The first-order valence-electron chi connectivity index (χ1n) is 5.66. The van der Waals surface area contributed by atoms with Crippen molar-refractivity contribution in [1.82, 2.24) is 0 Å². The van der Waals surface area contributed by atoms with Crippen LogP contribution in [0.4, 0.5) is 10.1 Å². The highest BCUT2D eigenvalue weighted by atomic mass is 79.9. The van der Waals surface area contributed by atoms with Crippen molar-refractivity contribution in [3.05, 3.63) is 57.8 Å². The molecule has 5 heteroatoms. The van der Waals surface area contributed by atoms with Gasteiger partial charge < -0.3 is 15.6 Å². The molecule has 0 aliphatic carbocycles. The average molecular weight is 326 g/mol. The molecular formula is C14H13BrFNO2. The van der Waals surface area contributed by atoms with Crippen LogP contribution in [0.2, 0.25) is 0 Å². The van der Waals surface area contributed by atoms with Crippen LogP contribution in [-0.4, -0.2) is 5.11 Å². The first kappa shape index (κ1) is 13.8. The second-order valence-electron chi connectivity index (χ2n) is 4.07. The zero-order valence-corrected chi connectivity index (χ0v) is 11.7. The molecule has 0 aliphatic heterocycles. The van der Waals surface area contributed by atoms with Gasteiger partial charge in [0.15, 0.2) is 0 Å². The van der Waals surface area contributed by atoms with E-state index in [0.29, 0.717) is 15.9 Å². The standard InChI is InChI=1S/C14H13BrFNO2/c15-11-5-13(17)14(6-12(11)16)19-8-10-3-1-9(7-18)2-4-10/h1-6,18H,7-8,17H2. The van der Waals surface area contributed by atoms with Crippen molar-refractivity contribution in [2.45, 2.75) is 13.2 Å². The van der Waals surface area contributed by atoms with Gasteiger partial charge in [0.25, 0.3) is 0 Å². The normalized spacial score (nSPS) is 10.5. The lowest BCUT2D eigenvalue weighted by Crippen LogP contribution is -2.00. The number of hydrogen-bond acceptors (Lipinski definition) is 3. The lowest BCUT2D eigenvalue weighted by atomic mass is 10.1. The van der Waals surface area contributed by atoms with Crippen molar-refractivity contribution >= 4 is 21.6 Å². The Morgan fingerprint density at radius 1 is 1.16 bits per heavy atom. The lowest BCUT2D eigenvalue weighted by molar-refractivity contribution is 0.281. The number of halogens is 2. The van der Waals surface area contributed by atoms with E-state index in [-0.39, 0.29) is 13.2 Å². The molecule has 100 valence electrons. The third-order valence-corrected chi connectivity index (χ3v) is 3.26. The van der Waals surface area contributed by atoms with Crippen LogP contribution in [0.15, 0.2) is 40.9 Å². The predicted octanol–water partition coefficient (Wildman–Crippen LogP) is 3.24. The van der Waals surface area contributed by atoms with E-state index < -0.39 is 5.82 Å². The van der Waals surface area contributed by atoms with E-state index in [9.17, 15) is 4.39 Å². The second-order valence-corrected chi connectivity index (χ2v) is 4.92. The van der Waals surface area contributed by atoms with Crippen LogP contribution < -0.4 is 10.5 Å². The molecular weight excluding hydrogens is 313 g/mol. The number of anilines is 1. The van der Waals surface area contributed by atoms with Crippen molar-refractivity contribution in [1.29, 1.82) is 0 Å². The van der Waals surface area contributed by atoms with Gasteiger partial charge in [0.2, 0.25) is 0 Å². The van der Waals surface area contributed by atoms with Gasteiger partial charge in [0.1, 0.15) is 18.2 Å². The molecule has 2 aromatic carbocycles. The molecule has 0 amide bonds. The first-order chi connectivity index (χ1) is 9.10. The summed E-state index contributed by atoms with van der Waals surface area (Å²) in [6.07, 6.45) is 0. The number of nitrogen functional groups attached to an aromatic ring is 1. The Morgan fingerprint density at radius 2 is 1.79 bits per heavy atom. The van der Waals surface area contributed by atoms with Crippen LogP contribution in [0.25, 0.3) is 0 Å². The maximum absolute atomic E-state index is 13.4. The molecule has 0 bridgehead atoms. The lowest BCUT2D eigenvalue weighted by Gasteiger charge is -2.10. The Bertz CT molecular complexity index is 572. The van der Waals surface area contributed by atoms with Gasteiger partial charge in [0.05, 0.1) is 16.8 Å². The minimum atomic E-state index is -0.417. The molecule has 0 atom stereocenters. The smallest absolute Gasteiger partial charge is 0.145 e. The van der Waals surface area contributed by atoms with E-state index in [2.05, 4.69) is 15.9 Å². The summed E-state index contributed by atoms with van der Waals surface area (Å²) in [5, 5.41) is 8.94. The number of rotatable bonds is 4. The summed E-state index contributed by atoms with van der Waals surface area (Å²) >= 11 is 3.06. The Hall–Kier alpha value is -1.59. The molecule has 19 heavy (non-hydrogen) atoms. The number of aliphatic hydroxyl groups excluding tert-OH is 1. The molecule has 0 unspecified atom stereocenters. The summed E-state index contributed by atoms with van der Waals surface area (Å²) in [5.74, 6) is -0.105. The monoisotopic (exact) mass is 325 g/mol. The van der Waals surface area contributed by atoms with Gasteiger partial charge >= 0.3 is 0 Å². The van der Waals surface area contributed by atoms with Crippen LogP contribution in [-0.2, 0) is 13.2 Å². The van der Waals surface area contributed by atoms with Crippen LogP contribution in [0, 0.1) is 5.82 Å². The van der Waals surface area contributed by atoms with Gasteiger partial charge in [-0.2, -0.15) is 0 Å². The van der Waals surface area contributed by atoms with Gasteiger partial charge in [-0.1, -0.05) is 24.3 Å². The van der Waals surface area contributed by atoms with Crippen molar-refractivity contribution in [3.63, 3.8) is 0 Å². The van der Waals surface area contributed by atoms with Crippen LogP contribution in [0.3, 0.4) is 0 Å². The molecule has 0 spiro atoms. The zero-order chi connectivity index (χ0) is 13.8. The van der Waals surface area contributed by atoms with Crippen LogP contribution >= 0.6 is 15.9 Å². The molecule has 0 aromatic heterocycles. The summed E-state index contributed by atoms with van der Waals surface area (Å²) in [6, 6.07) is 10.0. The van der Waals surface area contributed by atoms with E-state index in [1.54, 1.807) is 0 Å². The zero-order valence-electron chi connectivity index (χ0n) is 10.1. The molecule has 3 N–H and O–H groups in total. The van der Waals surface area contributed by atoms with Crippen molar-refractivity contribution < 1.29 is 14.2 Å². The molecule has 2 aromatic rings. The van der Waals surface area contributed by atoms with E-state index in [1.807, 2.05) is 24.3 Å². The third-order valence-electron chi connectivity index (χ3n) is 2.65. The quantitative estimate of drug-likeness (QED) is 0.848. The summed E-state index contributed by atoms with van der Waals surface area (Å²) in [5.41, 5.74) is 7.87. The Kier molecular flexibility index (Phi) is 4.39. The minimum Gasteiger partial charge on any atom is -0.487 e. The molecule has 3 nitrogen and oxygen atoms in total. The highest BCUT2D eigenvalue weighted by Crippen LogP contribution is 2.28. The Morgan fingerprint density at radius 3 is 2.42 bits per heavy atom. The van der Waals surface area contributed by atoms with E-state index >= 15 is 0 Å². The topological polar surface area (TPSA) is 55.5 Å². The summed E-state index contributed by atoms with van der Waals surface area (Å²) < 4.78 is 19.2. The molecule has 0 saturated heterocycles. The van der Waals surface area contributed by atoms with Gasteiger partial charge in [-0.15, -0.1) is 0 Å². The van der Waals surface area contributed by atoms with Gasteiger partial charge in [-0.05, 0) is 33.1 Å².